The largest absolute Gasteiger partial charge is 0.497 e. The van der Waals surface area contributed by atoms with Crippen molar-refractivity contribution < 1.29 is 9.53 Å². The highest BCUT2D eigenvalue weighted by Gasteiger charge is 1.94. The topological polar surface area (TPSA) is 26.3 Å². The summed E-state index contributed by atoms with van der Waals surface area (Å²) in [7, 11) is 1.63. The molecule has 1 aromatic rings. The average molecular weight is 190 g/mol. The molecule has 0 radical (unpaired) electrons. The van der Waals surface area contributed by atoms with Gasteiger partial charge in [-0.3, -0.25) is 4.79 Å². The van der Waals surface area contributed by atoms with Crippen LogP contribution in [0.3, 0.4) is 0 Å². The number of ether oxygens (including phenoxy) is 1. The molecule has 14 heavy (non-hydrogen) atoms. The minimum Gasteiger partial charge on any atom is -0.497 e. The molecule has 0 unspecified atom stereocenters. The van der Waals surface area contributed by atoms with E-state index in [4.69, 9.17) is 4.74 Å². The molecular formula is C12H14O2. The maximum atomic E-state index is 10.6. The van der Waals surface area contributed by atoms with Crippen LogP contribution in [0, 0.1) is 0 Å². The first-order valence-corrected chi connectivity index (χ1v) is 4.60. The molecule has 1 aromatic carbocycles. The summed E-state index contributed by atoms with van der Waals surface area (Å²) in [6, 6.07) is 7.61. The van der Waals surface area contributed by atoms with Gasteiger partial charge >= 0.3 is 0 Å². The summed E-state index contributed by atoms with van der Waals surface area (Å²) < 4.78 is 5.04. The van der Waals surface area contributed by atoms with Crippen molar-refractivity contribution in [2.24, 2.45) is 0 Å². The van der Waals surface area contributed by atoms with E-state index in [-0.39, 0.29) is 0 Å². The number of methoxy groups -OCH3 is 1. The number of carbonyl (C=O) groups excluding carboxylic acids is 1. The molecule has 0 aliphatic carbocycles. The van der Waals surface area contributed by atoms with Crippen molar-refractivity contribution in [2.75, 3.05) is 7.11 Å². The van der Waals surface area contributed by atoms with Crippen LogP contribution in [0.15, 0.2) is 29.8 Å². The number of aldehydes is 1. The molecule has 0 fully saturated rings. The number of hydrogen-bond acceptors (Lipinski definition) is 2. The lowest BCUT2D eigenvalue weighted by Crippen LogP contribution is -1.84. The monoisotopic (exact) mass is 190 g/mol. The van der Waals surface area contributed by atoms with Gasteiger partial charge in [0.15, 0.2) is 0 Å². The average Bonchev–Trinajstić information content (AvgIpc) is 2.26. The summed E-state index contributed by atoms with van der Waals surface area (Å²) >= 11 is 0. The van der Waals surface area contributed by atoms with Gasteiger partial charge < -0.3 is 4.74 Å². The Balaban J connectivity index is 2.86. The Kier molecular flexibility index (Phi) is 3.92. The van der Waals surface area contributed by atoms with Gasteiger partial charge in [0.2, 0.25) is 0 Å². The number of rotatable bonds is 4. The van der Waals surface area contributed by atoms with Crippen molar-refractivity contribution in [3.8, 4) is 5.75 Å². The fourth-order valence-corrected chi connectivity index (χ4v) is 1.13. The van der Waals surface area contributed by atoms with Crippen LogP contribution in [0.4, 0.5) is 0 Å². The fourth-order valence-electron chi connectivity index (χ4n) is 1.13. The van der Waals surface area contributed by atoms with E-state index in [2.05, 4.69) is 0 Å². The first kappa shape index (κ1) is 10.5. The lowest BCUT2D eigenvalue weighted by atomic mass is 10.1. The van der Waals surface area contributed by atoms with E-state index in [1.807, 2.05) is 37.3 Å². The van der Waals surface area contributed by atoms with Crippen molar-refractivity contribution in [1.29, 1.82) is 0 Å². The summed E-state index contributed by atoms with van der Waals surface area (Å²) in [5.74, 6) is 0.825. The lowest BCUT2D eigenvalue weighted by molar-refractivity contribution is -0.104. The summed E-state index contributed by atoms with van der Waals surface area (Å²) in [5.41, 5.74) is 1.82. The zero-order chi connectivity index (χ0) is 10.4. The van der Waals surface area contributed by atoms with Crippen LogP contribution in [0.5, 0.6) is 5.75 Å². The van der Waals surface area contributed by atoms with E-state index in [0.717, 1.165) is 29.6 Å². The third-order valence-corrected chi connectivity index (χ3v) is 2.03. The van der Waals surface area contributed by atoms with Gasteiger partial charge in [-0.05, 0) is 35.8 Å². The summed E-state index contributed by atoms with van der Waals surface area (Å²) in [6.45, 7) is 1.96. The van der Waals surface area contributed by atoms with Crippen LogP contribution in [0.25, 0.3) is 6.08 Å². The predicted molar refractivity (Wildman–Crippen MR) is 57.3 cm³/mol. The molecule has 0 aliphatic rings. The standard InChI is InChI=1S/C12H14O2/c1-3-10(9-13)8-11-4-6-12(14-2)7-5-11/h4-9H,3H2,1-2H3/b10-8+. The molecule has 0 atom stereocenters. The van der Waals surface area contributed by atoms with E-state index < -0.39 is 0 Å². The minimum absolute atomic E-state index is 0.759. The maximum Gasteiger partial charge on any atom is 0.146 e. The van der Waals surface area contributed by atoms with E-state index in [1.54, 1.807) is 7.11 Å². The van der Waals surface area contributed by atoms with Crippen molar-refractivity contribution in [2.45, 2.75) is 13.3 Å². The molecule has 2 nitrogen and oxygen atoms in total. The van der Waals surface area contributed by atoms with Crippen LogP contribution in [0.2, 0.25) is 0 Å². The summed E-state index contributed by atoms with van der Waals surface area (Å²) in [6.07, 6.45) is 3.53. The Labute approximate surface area is 84.2 Å². The highest BCUT2D eigenvalue weighted by molar-refractivity contribution is 5.81. The molecule has 0 spiro atoms. The van der Waals surface area contributed by atoms with Crippen molar-refractivity contribution in [3.63, 3.8) is 0 Å². The zero-order valence-corrected chi connectivity index (χ0v) is 8.49. The second-order valence-electron chi connectivity index (χ2n) is 2.96. The van der Waals surface area contributed by atoms with Gasteiger partial charge in [-0.2, -0.15) is 0 Å². The normalized spacial score (nSPS) is 11.1. The number of benzene rings is 1. The Morgan fingerprint density at radius 2 is 2.00 bits per heavy atom. The number of carbonyl (C=O) groups is 1. The molecule has 0 bridgehead atoms. The smallest absolute Gasteiger partial charge is 0.146 e. The molecule has 2 heteroatoms. The molecule has 0 aliphatic heterocycles. The van der Waals surface area contributed by atoms with E-state index in [1.165, 1.54) is 0 Å². The molecule has 74 valence electrons. The van der Waals surface area contributed by atoms with E-state index in [9.17, 15) is 4.79 Å². The van der Waals surface area contributed by atoms with Crippen molar-refractivity contribution in [3.05, 3.63) is 35.4 Å². The molecule has 0 saturated carbocycles. The predicted octanol–water partition coefficient (Wildman–Crippen LogP) is 2.69. The molecule has 0 heterocycles. The van der Waals surface area contributed by atoms with Crippen molar-refractivity contribution in [1.82, 2.24) is 0 Å². The number of allylic oxidation sites excluding steroid dienone is 1. The van der Waals surface area contributed by atoms with Gasteiger partial charge in [-0.25, -0.2) is 0 Å². The molecule has 0 N–H and O–H groups in total. The Hall–Kier alpha value is -1.57. The minimum atomic E-state index is 0.759. The van der Waals surface area contributed by atoms with Gasteiger partial charge in [0.1, 0.15) is 12.0 Å². The van der Waals surface area contributed by atoms with Crippen LogP contribution >= 0.6 is 0 Å². The first-order chi connectivity index (χ1) is 6.80. The second kappa shape index (κ2) is 5.22. The quantitative estimate of drug-likeness (QED) is 0.539. The SMILES string of the molecule is CC/C(C=O)=C\c1ccc(OC)cc1. The van der Waals surface area contributed by atoms with Crippen LogP contribution in [-0.4, -0.2) is 13.4 Å². The lowest BCUT2D eigenvalue weighted by Gasteiger charge is -2.00. The van der Waals surface area contributed by atoms with Gasteiger partial charge in [0, 0.05) is 0 Å². The van der Waals surface area contributed by atoms with Gasteiger partial charge in [-0.1, -0.05) is 19.1 Å². The van der Waals surface area contributed by atoms with Crippen molar-refractivity contribution >= 4 is 12.4 Å². The third kappa shape index (κ3) is 2.73. The summed E-state index contributed by atoms with van der Waals surface area (Å²) in [5, 5.41) is 0. The van der Waals surface area contributed by atoms with E-state index in [0.29, 0.717) is 0 Å². The summed E-state index contributed by atoms with van der Waals surface area (Å²) in [4.78, 5) is 10.6. The second-order valence-corrected chi connectivity index (χ2v) is 2.96. The highest BCUT2D eigenvalue weighted by atomic mass is 16.5. The Morgan fingerprint density at radius 1 is 1.36 bits per heavy atom. The fraction of sp³-hybridized carbons (Fsp3) is 0.250. The van der Waals surface area contributed by atoms with Crippen LogP contribution < -0.4 is 4.74 Å². The van der Waals surface area contributed by atoms with Gasteiger partial charge in [-0.15, -0.1) is 0 Å². The molecule has 0 amide bonds. The zero-order valence-electron chi connectivity index (χ0n) is 8.49. The molecule has 1 rings (SSSR count). The first-order valence-electron chi connectivity index (χ1n) is 4.60. The Morgan fingerprint density at radius 3 is 2.43 bits per heavy atom. The van der Waals surface area contributed by atoms with Crippen LogP contribution in [-0.2, 0) is 4.79 Å². The van der Waals surface area contributed by atoms with Crippen LogP contribution in [0.1, 0.15) is 18.9 Å². The third-order valence-electron chi connectivity index (χ3n) is 2.03. The molecule has 0 aromatic heterocycles. The van der Waals surface area contributed by atoms with Gasteiger partial charge in [0.05, 0.1) is 7.11 Å². The highest BCUT2D eigenvalue weighted by Crippen LogP contribution is 2.14. The van der Waals surface area contributed by atoms with E-state index >= 15 is 0 Å². The Bertz CT molecular complexity index is 323. The molecule has 0 saturated heterocycles. The number of hydrogen-bond donors (Lipinski definition) is 0. The molecular weight excluding hydrogens is 176 g/mol. The maximum absolute atomic E-state index is 10.6. The van der Waals surface area contributed by atoms with Gasteiger partial charge in [0.25, 0.3) is 0 Å².